The summed E-state index contributed by atoms with van der Waals surface area (Å²) in [5, 5.41) is 5.56. The van der Waals surface area contributed by atoms with Crippen molar-refractivity contribution in [1.82, 2.24) is 10.6 Å². The maximum Gasteiger partial charge on any atom is 0.248 e. The van der Waals surface area contributed by atoms with E-state index in [-0.39, 0.29) is 5.91 Å². The van der Waals surface area contributed by atoms with E-state index in [9.17, 15) is 4.79 Å². The lowest BCUT2D eigenvalue weighted by molar-refractivity contribution is -0.117. The topological polar surface area (TPSA) is 41.1 Å². The molecular weight excluding hydrogens is 140 g/mol. The van der Waals surface area contributed by atoms with Gasteiger partial charge < -0.3 is 10.6 Å². The third-order valence-electron chi connectivity index (χ3n) is 1.68. The summed E-state index contributed by atoms with van der Waals surface area (Å²) in [6.45, 7) is 3.83. The van der Waals surface area contributed by atoms with Gasteiger partial charge in [0.15, 0.2) is 0 Å². The first-order valence-corrected chi connectivity index (χ1v) is 3.76. The quantitative estimate of drug-likeness (QED) is 0.589. The molecule has 0 aliphatic rings. The Bertz CT molecular complexity index is 167. The van der Waals surface area contributed by atoms with Crippen molar-refractivity contribution in [3.05, 3.63) is 11.3 Å². The van der Waals surface area contributed by atoms with E-state index >= 15 is 0 Å². The highest BCUT2D eigenvalue weighted by molar-refractivity contribution is 5.93. The molecule has 0 rings (SSSR count). The molecule has 0 aliphatic heterocycles. The first kappa shape index (κ1) is 10.0. The van der Waals surface area contributed by atoms with Crippen LogP contribution in [0.15, 0.2) is 11.3 Å². The molecule has 0 bridgehead atoms. The van der Waals surface area contributed by atoms with Crippen LogP contribution in [0.2, 0.25) is 0 Å². The minimum absolute atomic E-state index is 0.0174. The monoisotopic (exact) mass is 156 g/mol. The summed E-state index contributed by atoms with van der Waals surface area (Å²) in [5.74, 6) is -0.0174. The second-order valence-corrected chi connectivity index (χ2v) is 2.29. The fraction of sp³-hybridized carbons (Fsp3) is 0.625. The van der Waals surface area contributed by atoms with Crippen LogP contribution in [0, 0.1) is 0 Å². The minimum Gasteiger partial charge on any atom is -0.391 e. The van der Waals surface area contributed by atoms with Gasteiger partial charge in [0.1, 0.15) is 0 Å². The smallest absolute Gasteiger partial charge is 0.248 e. The summed E-state index contributed by atoms with van der Waals surface area (Å²) in [4.78, 5) is 11.1. The largest absolute Gasteiger partial charge is 0.391 e. The summed E-state index contributed by atoms with van der Waals surface area (Å²) in [6, 6.07) is 0. The second kappa shape index (κ2) is 4.77. The molecule has 0 spiro atoms. The van der Waals surface area contributed by atoms with Crippen LogP contribution in [-0.2, 0) is 4.79 Å². The lowest BCUT2D eigenvalue weighted by Gasteiger charge is -2.07. The molecule has 0 radical (unpaired) electrons. The highest BCUT2D eigenvalue weighted by Crippen LogP contribution is 2.03. The Hall–Kier alpha value is -0.990. The van der Waals surface area contributed by atoms with Crippen LogP contribution >= 0.6 is 0 Å². The van der Waals surface area contributed by atoms with Crippen LogP contribution in [0.4, 0.5) is 0 Å². The number of hydrogen-bond donors (Lipinski definition) is 2. The average Bonchev–Trinajstić information content (AvgIpc) is 2.05. The molecule has 0 aromatic heterocycles. The van der Waals surface area contributed by atoms with Gasteiger partial charge in [-0.05, 0) is 13.3 Å². The Labute approximate surface area is 67.9 Å². The van der Waals surface area contributed by atoms with Gasteiger partial charge >= 0.3 is 0 Å². The fourth-order valence-electron chi connectivity index (χ4n) is 0.954. The lowest BCUT2D eigenvalue weighted by Crippen LogP contribution is -2.22. The highest BCUT2D eigenvalue weighted by atomic mass is 16.1. The SMILES string of the molecule is CC/C(NC)=C(\C)C(=O)NC. The lowest BCUT2D eigenvalue weighted by atomic mass is 10.2. The molecule has 1 amide bonds. The van der Waals surface area contributed by atoms with Crippen LogP contribution in [-0.4, -0.2) is 20.0 Å². The van der Waals surface area contributed by atoms with Crippen molar-refractivity contribution in [1.29, 1.82) is 0 Å². The zero-order valence-corrected chi connectivity index (χ0v) is 7.62. The van der Waals surface area contributed by atoms with E-state index in [2.05, 4.69) is 10.6 Å². The summed E-state index contributed by atoms with van der Waals surface area (Å²) < 4.78 is 0. The van der Waals surface area contributed by atoms with Crippen LogP contribution in [0.3, 0.4) is 0 Å². The number of rotatable bonds is 3. The summed E-state index contributed by atoms with van der Waals surface area (Å²) >= 11 is 0. The van der Waals surface area contributed by atoms with E-state index in [1.807, 2.05) is 20.9 Å². The van der Waals surface area contributed by atoms with E-state index in [0.29, 0.717) is 0 Å². The molecular formula is C8H16N2O. The number of nitrogens with one attached hydrogen (secondary N) is 2. The molecule has 64 valence electrons. The van der Waals surface area contributed by atoms with Crippen LogP contribution in [0.5, 0.6) is 0 Å². The molecule has 0 saturated carbocycles. The Balaban J connectivity index is 4.46. The van der Waals surface area contributed by atoms with Crippen molar-refractivity contribution in [3.63, 3.8) is 0 Å². The number of allylic oxidation sites excluding steroid dienone is 1. The molecule has 0 aromatic rings. The van der Waals surface area contributed by atoms with Gasteiger partial charge in [-0.2, -0.15) is 0 Å². The van der Waals surface area contributed by atoms with Gasteiger partial charge in [-0.25, -0.2) is 0 Å². The van der Waals surface area contributed by atoms with Crippen molar-refractivity contribution in [2.45, 2.75) is 20.3 Å². The standard InChI is InChI=1S/C8H16N2O/c1-5-7(9-3)6(2)8(11)10-4/h9H,5H2,1-4H3,(H,10,11)/b7-6-. The van der Waals surface area contributed by atoms with Gasteiger partial charge in [0.05, 0.1) is 0 Å². The minimum atomic E-state index is -0.0174. The first-order valence-electron chi connectivity index (χ1n) is 3.76. The number of carbonyl (C=O) groups is 1. The van der Waals surface area contributed by atoms with Gasteiger partial charge in [-0.3, -0.25) is 4.79 Å². The summed E-state index contributed by atoms with van der Waals surface area (Å²) in [5.41, 5.74) is 1.75. The van der Waals surface area contributed by atoms with Gasteiger partial charge in [0.25, 0.3) is 0 Å². The molecule has 11 heavy (non-hydrogen) atoms. The Kier molecular flexibility index (Phi) is 4.34. The first-order chi connectivity index (χ1) is 5.17. The third-order valence-corrected chi connectivity index (χ3v) is 1.68. The Morgan fingerprint density at radius 3 is 2.09 bits per heavy atom. The van der Waals surface area contributed by atoms with Gasteiger partial charge in [0.2, 0.25) is 5.91 Å². The third kappa shape index (κ3) is 2.62. The highest BCUT2D eigenvalue weighted by Gasteiger charge is 2.05. The normalized spacial score (nSPS) is 12.0. The van der Waals surface area contributed by atoms with Crippen molar-refractivity contribution >= 4 is 5.91 Å². The molecule has 0 fully saturated rings. The zero-order chi connectivity index (χ0) is 8.85. The van der Waals surface area contributed by atoms with Gasteiger partial charge in [-0.15, -0.1) is 0 Å². The Morgan fingerprint density at radius 1 is 1.27 bits per heavy atom. The molecule has 0 atom stereocenters. The van der Waals surface area contributed by atoms with Crippen LogP contribution in [0.25, 0.3) is 0 Å². The molecule has 3 heteroatoms. The molecule has 2 N–H and O–H groups in total. The average molecular weight is 156 g/mol. The molecule has 3 nitrogen and oxygen atoms in total. The van der Waals surface area contributed by atoms with E-state index < -0.39 is 0 Å². The van der Waals surface area contributed by atoms with Gasteiger partial charge in [0, 0.05) is 25.4 Å². The Morgan fingerprint density at radius 2 is 1.82 bits per heavy atom. The van der Waals surface area contributed by atoms with Crippen molar-refractivity contribution in [3.8, 4) is 0 Å². The van der Waals surface area contributed by atoms with Crippen molar-refractivity contribution in [2.75, 3.05) is 14.1 Å². The van der Waals surface area contributed by atoms with Crippen LogP contribution < -0.4 is 10.6 Å². The molecule has 0 aromatic carbocycles. The number of likely N-dealkylation sites (N-methyl/N-ethyl adjacent to an activating group) is 1. The molecule has 0 saturated heterocycles. The van der Waals surface area contributed by atoms with E-state index in [1.165, 1.54) is 0 Å². The summed E-state index contributed by atoms with van der Waals surface area (Å²) in [6.07, 6.45) is 0.857. The van der Waals surface area contributed by atoms with E-state index in [0.717, 1.165) is 17.7 Å². The van der Waals surface area contributed by atoms with E-state index in [1.54, 1.807) is 7.05 Å². The molecule has 0 aliphatic carbocycles. The van der Waals surface area contributed by atoms with Gasteiger partial charge in [-0.1, -0.05) is 6.92 Å². The number of amides is 1. The number of carbonyl (C=O) groups excluding carboxylic acids is 1. The van der Waals surface area contributed by atoms with E-state index in [4.69, 9.17) is 0 Å². The van der Waals surface area contributed by atoms with Crippen molar-refractivity contribution < 1.29 is 4.79 Å². The zero-order valence-electron chi connectivity index (χ0n) is 7.62. The predicted octanol–water partition coefficient (Wildman–Crippen LogP) is 0.636. The maximum atomic E-state index is 11.1. The summed E-state index contributed by atoms with van der Waals surface area (Å²) in [7, 11) is 3.46. The predicted molar refractivity (Wildman–Crippen MR) is 46.1 cm³/mol. The molecule has 0 heterocycles. The number of hydrogen-bond acceptors (Lipinski definition) is 2. The van der Waals surface area contributed by atoms with Crippen LogP contribution in [0.1, 0.15) is 20.3 Å². The fourth-order valence-corrected chi connectivity index (χ4v) is 0.954. The van der Waals surface area contributed by atoms with Crippen molar-refractivity contribution in [2.24, 2.45) is 0 Å². The molecule has 0 unspecified atom stereocenters. The maximum absolute atomic E-state index is 11.1. The second-order valence-electron chi connectivity index (χ2n) is 2.29.